The number of amides is 1. The van der Waals surface area contributed by atoms with Crippen LogP contribution in [0.1, 0.15) is 215 Å². The largest absolute Gasteiger partial charge is 0.358 e. The first kappa shape index (κ1) is 109. The van der Waals surface area contributed by atoms with E-state index >= 15 is 0 Å². The monoisotopic (exact) mass is 2100 g/mol. The van der Waals surface area contributed by atoms with E-state index in [1.165, 1.54) is 150 Å². The van der Waals surface area contributed by atoms with Crippen LogP contribution in [0.5, 0.6) is 0 Å². The summed E-state index contributed by atoms with van der Waals surface area (Å²) in [5.74, 6) is 3.22. The van der Waals surface area contributed by atoms with Crippen molar-refractivity contribution >= 4 is 56.0 Å². The molecule has 0 aromatic heterocycles. The van der Waals surface area contributed by atoms with E-state index < -0.39 is 84.6 Å². The zero-order valence-electron chi connectivity index (χ0n) is 86.4. The van der Waals surface area contributed by atoms with Gasteiger partial charge in [0.25, 0.3) is 0 Å². The first-order valence-electron chi connectivity index (χ1n) is 54.6. The Balaban J connectivity index is 0.000000114. The van der Waals surface area contributed by atoms with Gasteiger partial charge in [-0.05, 0) is 225 Å². The molecule has 145 heavy (non-hydrogen) atoms. The molecular formula is C110H160FN13O16S5. The highest BCUT2D eigenvalue weighted by Gasteiger charge is 2.58. The zero-order chi connectivity index (χ0) is 101. The van der Waals surface area contributed by atoms with Crippen LogP contribution in [-0.2, 0) is 91.6 Å². The Morgan fingerprint density at radius 2 is 0.621 bits per heavy atom. The lowest BCUT2D eigenvalue weighted by atomic mass is 9.84. The fourth-order valence-corrected chi connectivity index (χ4v) is 33.2. The standard InChI is InChI=1S/C20H29N3O.2C19H28N2O3S.2C18H26N2O3S.C16H23FN2O3S/c24-19-16-23(15-17-7-3-1-4-8-17)20(21-19)11-13-22(14-12-20)18-9-5-2-6-10-18;1-16-5-7-18(8-6-16)25(22,23)21-13-14-24-19(21)9-11-20(12-10-19)15-17-3-2-4-17;1-2-16-5-7-18(8-6-16)25(22,23)21-13-14-24-19(21)9-11-20(12-10-19)15-17-3-4-17;2*1-15-2-6-17(7-3-15)24(21,22)20-12-13-23-18(20)8-10-19(11-9-18)14-16-4-5-16;1-2-9-18-10-7-16(8-11-18)19(12-13-22-16)23(20,21)15-5-3-14(17)4-6-15/h1,3-4,7-8,18H,2,5-6,9-16H2,(H,21,24);2*5-8,17H,2-4,9-15H2,1H3;2*2-3,6-7,16H,4-5,8-14H2,1H3;3-6H,2,7-13H2,1H3. The highest BCUT2D eigenvalue weighted by atomic mass is 32.2. The molecule has 798 valence electrons. The van der Waals surface area contributed by atoms with Gasteiger partial charge in [-0.3, -0.25) is 9.69 Å². The Morgan fingerprint density at radius 1 is 0.324 bits per heavy atom. The van der Waals surface area contributed by atoms with Crippen LogP contribution in [0.4, 0.5) is 4.39 Å². The van der Waals surface area contributed by atoms with Crippen LogP contribution in [0.25, 0.3) is 0 Å². The number of piperidine rings is 6. The molecular weight excluding hydrogens is 1940 g/mol. The molecule has 0 bridgehead atoms. The fourth-order valence-electron chi connectivity index (χ4n) is 24.6. The van der Waals surface area contributed by atoms with Gasteiger partial charge in [0, 0.05) is 214 Å². The van der Waals surface area contributed by atoms with Gasteiger partial charge in [0.1, 0.15) is 34.4 Å². The number of halogens is 1. The molecule has 12 saturated heterocycles. The summed E-state index contributed by atoms with van der Waals surface area (Å²) in [4.78, 5) is 31.1. The average molecular weight is 2100 g/mol. The number of hydrogen-bond donors (Lipinski definition) is 1. The zero-order valence-corrected chi connectivity index (χ0v) is 90.5. The van der Waals surface area contributed by atoms with E-state index in [1.807, 2.05) is 69.3 Å². The Morgan fingerprint density at radius 3 is 0.910 bits per heavy atom. The molecule has 12 heterocycles. The number of ether oxygens (including phenoxy) is 5. The second-order valence-corrected chi connectivity index (χ2v) is 53.5. The molecule has 23 rings (SSSR count). The van der Waals surface area contributed by atoms with E-state index in [0.717, 1.165) is 221 Å². The molecule has 1 amide bonds. The van der Waals surface area contributed by atoms with Gasteiger partial charge < -0.3 is 58.4 Å². The highest BCUT2D eigenvalue weighted by Crippen LogP contribution is 2.47. The van der Waals surface area contributed by atoms with E-state index in [4.69, 9.17) is 23.7 Å². The van der Waals surface area contributed by atoms with Crippen molar-refractivity contribution in [1.29, 1.82) is 0 Å². The first-order valence-corrected chi connectivity index (χ1v) is 61.8. The summed E-state index contributed by atoms with van der Waals surface area (Å²) in [5.41, 5.74) is 2.24. The number of benzene rings is 6. The lowest BCUT2D eigenvalue weighted by molar-refractivity contribution is -0.119. The van der Waals surface area contributed by atoms with E-state index in [2.05, 4.69) is 83.8 Å². The number of rotatable bonds is 24. The predicted octanol–water partition coefficient (Wildman–Crippen LogP) is 14.3. The summed E-state index contributed by atoms with van der Waals surface area (Å²) in [5, 5.41) is 3.32. The maximum Gasteiger partial charge on any atom is 0.245 e. The number of likely N-dealkylation sites (tertiary alicyclic amines) is 6. The van der Waals surface area contributed by atoms with E-state index in [1.54, 1.807) is 65.8 Å². The average Bonchev–Trinajstić information content (AvgIpc) is 1.70. The molecule has 17 aliphatic rings. The quantitative estimate of drug-likeness (QED) is 0.0589. The molecule has 6 aromatic rings. The number of carbonyl (C=O) groups is 1. The number of nitrogens with zero attached hydrogens (tertiary/aromatic N) is 12. The van der Waals surface area contributed by atoms with E-state index in [0.29, 0.717) is 105 Å². The Labute approximate surface area is 864 Å². The van der Waals surface area contributed by atoms with E-state index in [9.17, 15) is 51.3 Å². The predicted molar refractivity (Wildman–Crippen MR) is 558 cm³/mol. The second-order valence-electron chi connectivity index (χ2n) is 44.2. The lowest BCUT2D eigenvalue weighted by Crippen LogP contribution is -2.59. The van der Waals surface area contributed by atoms with Gasteiger partial charge in [-0.1, -0.05) is 135 Å². The number of nitrogens with one attached hydrogen (secondary N) is 1. The minimum absolute atomic E-state index is 0.113. The van der Waals surface area contributed by atoms with Crippen LogP contribution in [0.2, 0.25) is 0 Å². The van der Waals surface area contributed by atoms with Crippen molar-refractivity contribution in [3.8, 4) is 0 Å². The van der Waals surface area contributed by atoms with Gasteiger partial charge >= 0.3 is 0 Å². The van der Waals surface area contributed by atoms with Crippen molar-refractivity contribution in [2.24, 2.45) is 23.7 Å². The van der Waals surface area contributed by atoms with Crippen LogP contribution in [-0.4, -0.2) is 328 Å². The Bertz CT molecular complexity index is 5720. The maximum absolute atomic E-state index is 13.2. The highest BCUT2D eigenvalue weighted by molar-refractivity contribution is 7.90. The molecule has 1 N–H and O–H groups in total. The summed E-state index contributed by atoms with van der Waals surface area (Å²) in [6.07, 6.45) is 30.7. The van der Waals surface area contributed by atoms with Gasteiger partial charge in [-0.15, -0.1) is 0 Å². The minimum atomic E-state index is -3.67. The Hall–Kier alpha value is -6.21. The summed E-state index contributed by atoms with van der Waals surface area (Å²) in [6, 6.07) is 45.0. The molecule has 6 spiro atoms. The van der Waals surface area contributed by atoms with Gasteiger partial charge in [0.2, 0.25) is 56.0 Å². The van der Waals surface area contributed by atoms with Crippen LogP contribution < -0.4 is 5.32 Å². The van der Waals surface area contributed by atoms with Crippen molar-refractivity contribution in [1.82, 2.24) is 61.1 Å². The molecule has 17 fully saturated rings. The number of aryl methyl sites for hydroxylation is 4. The van der Waals surface area contributed by atoms with Crippen LogP contribution in [0, 0.1) is 50.3 Å². The number of carbonyl (C=O) groups excluding carboxylic acids is 1. The summed E-state index contributed by atoms with van der Waals surface area (Å²) in [6.45, 7) is 33.1. The van der Waals surface area contributed by atoms with Gasteiger partial charge in [-0.2, -0.15) is 21.5 Å². The molecule has 0 unspecified atom stereocenters. The number of hydrogen-bond acceptors (Lipinski definition) is 23. The normalized spacial score (nSPS) is 24.9. The minimum Gasteiger partial charge on any atom is -0.358 e. The van der Waals surface area contributed by atoms with Gasteiger partial charge in [0.05, 0.1) is 69.7 Å². The summed E-state index contributed by atoms with van der Waals surface area (Å²) < 4.78 is 182. The Kier molecular flexibility index (Phi) is 35.0. The van der Waals surface area contributed by atoms with Crippen LogP contribution >= 0.6 is 0 Å². The van der Waals surface area contributed by atoms with Crippen molar-refractivity contribution in [2.75, 3.05) is 184 Å². The molecule has 5 saturated carbocycles. The molecule has 6 aromatic carbocycles. The molecule has 0 atom stereocenters. The molecule has 0 radical (unpaired) electrons. The van der Waals surface area contributed by atoms with Crippen molar-refractivity contribution < 1.29 is 75.0 Å². The molecule has 29 nitrogen and oxygen atoms in total. The molecule has 12 aliphatic heterocycles. The SMILES string of the molecule is CCCN1CCC2(CC1)OCCN2S(=O)(=O)c1ccc(F)cc1.CCc1ccc(S(=O)(=O)N2CCOC23CCN(CC2CC2)CC3)cc1.Cc1ccc(S(=O)(=O)N2CCOC23CCN(CC2CC2)CC3)cc1.Cc1ccc(S(=O)(=O)N2CCOC23CCN(CC2CC2)CC3)cc1.Cc1ccc(S(=O)(=O)N2CCOC23CCN(CC2CCC2)CC3)cc1.O=C1CN(Cc2ccccc2)C2(CCN(C3CCCCC3)CC2)N1. The smallest absolute Gasteiger partial charge is 0.245 e. The molecule has 35 heteroatoms. The van der Waals surface area contributed by atoms with Crippen molar-refractivity contribution in [2.45, 2.75) is 286 Å². The lowest BCUT2D eigenvalue weighted by Gasteiger charge is -2.47. The summed E-state index contributed by atoms with van der Waals surface area (Å²) >= 11 is 0. The maximum atomic E-state index is 13.2. The van der Waals surface area contributed by atoms with Gasteiger partial charge in [-0.25, -0.2) is 46.5 Å². The van der Waals surface area contributed by atoms with Crippen molar-refractivity contribution in [3.63, 3.8) is 0 Å². The van der Waals surface area contributed by atoms with Crippen LogP contribution in [0.3, 0.4) is 0 Å². The fraction of sp³-hybridized carbons (Fsp3) is 0.664. The second kappa shape index (κ2) is 46.8. The third kappa shape index (κ3) is 25.5. The topological polar surface area (TPSA) is 285 Å². The summed E-state index contributed by atoms with van der Waals surface area (Å²) in [7, 11) is -17.7. The van der Waals surface area contributed by atoms with Crippen LogP contribution in [0.15, 0.2) is 176 Å². The van der Waals surface area contributed by atoms with Crippen molar-refractivity contribution in [3.05, 3.63) is 185 Å². The van der Waals surface area contributed by atoms with E-state index in [-0.39, 0.29) is 16.5 Å². The first-order chi connectivity index (χ1) is 69.7. The third-order valence-electron chi connectivity index (χ3n) is 34.1. The molecule has 5 aliphatic carbocycles. The van der Waals surface area contributed by atoms with Gasteiger partial charge in [0.15, 0.2) is 0 Å². The third-order valence-corrected chi connectivity index (χ3v) is 43.9. The number of sulfonamides is 5.